The molecule has 1 aliphatic carbocycles. The van der Waals surface area contributed by atoms with Crippen LogP contribution in [0.3, 0.4) is 0 Å². The van der Waals surface area contributed by atoms with Gasteiger partial charge in [0.1, 0.15) is 0 Å². The summed E-state index contributed by atoms with van der Waals surface area (Å²) >= 11 is 0. The summed E-state index contributed by atoms with van der Waals surface area (Å²) in [6, 6.07) is 3.75. The van der Waals surface area contributed by atoms with Gasteiger partial charge < -0.3 is 4.74 Å². The lowest BCUT2D eigenvalue weighted by Crippen LogP contribution is -2.34. The van der Waals surface area contributed by atoms with Crippen molar-refractivity contribution in [3.8, 4) is 0 Å². The van der Waals surface area contributed by atoms with Crippen molar-refractivity contribution in [2.75, 3.05) is 12.9 Å². The maximum Gasteiger partial charge on any atom is 0.305 e. The Morgan fingerprint density at radius 2 is 2.24 bits per heavy atom. The van der Waals surface area contributed by atoms with Gasteiger partial charge in [0.05, 0.1) is 12.9 Å². The first-order chi connectivity index (χ1) is 10.0. The number of hydrogen-bond acceptors (Lipinski definition) is 5. The van der Waals surface area contributed by atoms with Crippen molar-refractivity contribution in [2.45, 2.75) is 38.3 Å². The maximum absolute atomic E-state index is 12.4. The van der Waals surface area contributed by atoms with Gasteiger partial charge in [-0.3, -0.25) is 9.78 Å². The molecule has 6 nitrogen and oxygen atoms in total. The van der Waals surface area contributed by atoms with E-state index in [1.807, 2.05) is 6.07 Å². The summed E-state index contributed by atoms with van der Waals surface area (Å²) in [5.74, 6) is -0.408. The molecular formula is C14H20N2O4S. The van der Waals surface area contributed by atoms with E-state index in [9.17, 15) is 13.2 Å². The van der Waals surface area contributed by atoms with E-state index in [2.05, 4.69) is 9.72 Å². The molecule has 1 saturated carbocycles. The van der Waals surface area contributed by atoms with E-state index in [0.717, 1.165) is 18.4 Å². The molecule has 0 atom stereocenters. The number of pyridine rings is 1. The quantitative estimate of drug-likeness (QED) is 0.677. The smallest absolute Gasteiger partial charge is 0.305 e. The normalized spacial score (nSPS) is 15.1. The van der Waals surface area contributed by atoms with Gasteiger partial charge in [0.25, 0.3) is 0 Å². The van der Waals surface area contributed by atoms with Gasteiger partial charge in [0.2, 0.25) is 10.0 Å². The first-order valence-corrected chi connectivity index (χ1v) is 8.59. The highest BCUT2D eigenvalue weighted by atomic mass is 32.2. The third-order valence-electron chi connectivity index (χ3n) is 3.38. The van der Waals surface area contributed by atoms with Gasteiger partial charge in [0, 0.05) is 31.4 Å². The van der Waals surface area contributed by atoms with E-state index in [0.29, 0.717) is 6.54 Å². The fraction of sp³-hybridized carbons (Fsp3) is 0.571. The van der Waals surface area contributed by atoms with Crippen molar-refractivity contribution in [3.05, 3.63) is 30.1 Å². The van der Waals surface area contributed by atoms with E-state index in [1.54, 1.807) is 22.8 Å². The molecule has 116 valence electrons. The van der Waals surface area contributed by atoms with Crippen molar-refractivity contribution >= 4 is 16.0 Å². The molecule has 7 heteroatoms. The molecule has 0 aliphatic heterocycles. The molecule has 0 N–H and O–H groups in total. The number of esters is 1. The second kappa shape index (κ2) is 7.00. The lowest BCUT2D eigenvalue weighted by atomic mass is 10.3. The number of rotatable bonds is 8. The van der Waals surface area contributed by atoms with E-state index in [4.69, 9.17) is 0 Å². The molecule has 0 amide bonds. The van der Waals surface area contributed by atoms with Gasteiger partial charge in [0.15, 0.2) is 0 Å². The summed E-state index contributed by atoms with van der Waals surface area (Å²) in [7, 11) is -2.06. The molecule has 2 rings (SSSR count). The third kappa shape index (κ3) is 4.78. The summed E-state index contributed by atoms with van der Waals surface area (Å²) in [4.78, 5) is 15.1. The Morgan fingerprint density at radius 1 is 1.48 bits per heavy atom. The van der Waals surface area contributed by atoms with Gasteiger partial charge in [-0.2, -0.15) is 4.31 Å². The minimum Gasteiger partial charge on any atom is -0.469 e. The van der Waals surface area contributed by atoms with Crippen LogP contribution in [-0.2, 0) is 26.1 Å². The Bertz CT molecular complexity index is 570. The summed E-state index contributed by atoms with van der Waals surface area (Å²) in [5, 5.41) is 0. The van der Waals surface area contributed by atoms with Gasteiger partial charge in [-0.15, -0.1) is 0 Å². The van der Waals surface area contributed by atoms with Gasteiger partial charge >= 0.3 is 5.97 Å². The van der Waals surface area contributed by atoms with Crippen LogP contribution < -0.4 is 0 Å². The predicted molar refractivity (Wildman–Crippen MR) is 77.8 cm³/mol. The summed E-state index contributed by atoms with van der Waals surface area (Å²) in [6.45, 7) is 0.346. The minimum atomic E-state index is -3.36. The monoisotopic (exact) mass is 312 g/mol. The number of sulfonamides is 1. The van der Waals surface area contributed by atoms with Crippen LogP contribution in [0.1, 0.15) is 31.2 Å². The van der Waals surface area contributed by atoms with Gasteiger partial charge in [-0.25, -0.2) is 8.42 Å². The number of carbonyl (C=O) groups excluding carboxylic acids is 1. The van der Waals surface area contributed by atoms with E-state index in [-0.39, 0.29) is 30.6 Å². The van der Waals surface area contributed by atoms with Crippen molar-refractivity contribution in [3.63, 3.8) is 0 Å². The standard InChI is InChI=1S/C14H20N2O4S/c1-20-14(17)5-3-9-21(18,19)16(13-6-7-13)11-12-4-2-8-15-10-12/h2,4,8,10,13H,3,5-7,9,11H2,1H3. The molecule has 0 saturated heterocycles. The third-order valence-corrected chi connectivity index (χ3v) is 5.33. The Morgan fingerprint density at radius 3 is 2.81 bits per heavy atom. The van der Waals surface area contributed by atoms with E-state index in [1.165, 1.54) is 7.11 Å². The average molecular weight is 312 g/mol. The van der Waals surface area contributed by atoms with Gasteiger partial charge in [-0.1, -0.05) is 6.07 Å². The molecule has 0 aromatic carbocycles. The number of nitrogens with zero attached hydrogens (tertiary/aromatic N) is 2. The van der Waals surface area contributed by atoms with Crippen LogP contribution in [0.4, 0.5) is 0 Å². The summed E-state index contributed by atoms with van der Waals surface area (Å²) < 4.78 is 30.9. The molecule has 1 aliphatic rings. The highest BCUT2D eigenvalue weighted by molar-refractivity contribution is 7.89. The SMILES string of the molecule is COC(=O)CCCS(=O)(=O)N(Cc1cccnc1)C1CC1. The lowest BCUT2D eigenvalue weighted by molar-refractivity contribution is -0.140. The molecule has 0 bridgehead atoms. The van der Waals surface area contributed by atoms with Crippen LogP contribution in [0.5, 0.6) is 0 Å². The Hall–Kier alpha value is -1.47. The Labute approximate surface area is 125 Å². The minimum absolute atomic E-state index is 0.0289. The largest absolute Gasteiger partial charge is 0.469 e. The van der Waals surface area contributed by atoms with Crippen LogP contribution in [0.2, 0.25) is 0 Å². The molecule has 0 spiro atoms. The lowest BCUT2D eigenvalue weighted by Gasteiger charge is -2.21. The number of ether oxygens (including phenoxy) is 1. The van der Waals surface area contributed by atoms with Crippen molar-refractivity contribution in [1.82, 2.24) is 9.29 Å². The second-order valence-corrected chi connectivity index (χ2v) is 7.17. The molecule has 1 fully saturated rings. The molecule has 1 aromatic rings. The highest BCUT2D eigenvalue weighted by Crippen LogP contribution is 2.31. The second-order valence-electron chi connectivity index (χ2n) is 5.13. The Kier molecular flexibility index (Phi) is 5.30. The van der Waals surface area contributed by atoms with Crippen molar-refractivity contribution in [2.24, 2.45) is 0 Å². The van der Waals surface area contributed by atoms with Crippen molar-refractivity contribution in [1.29, 1.82) is 0 Å². The average Bonchev–Trinajstić information content (AvgIpc) is 3.29. The fourth-order valence-corrected chi connectivity index (χ4v) is 3.86. The fourth-order valence-electron chi connectivity index (χ4n) is 2.11. The summed E-state index contributed by atoms with van der Waals surface area (Å²) in [6.07, 6.45) is 5.55. The zero-order chi connectivity index (χ0) is 15.3. The van der Waals surface area contributed by atoms with Crippen LogP contribution in [0, 0.1) is 0 Å². The molecule has 21 heavy (non-hydrogen) atoms. The first kappa shape index (κ1) is 15.9. The molecule has 0 unspecified atom stereocenters. The van der Waals surface area contributed by atoms with Crippen LogP contribution in [0.15, 0.2) is 24.5 Å². The number of methoxy groups -OCH3 is 1. The number of aromatic nitrogens is 1. The topological polar surface area (TPSA) is 76.6 Å². The zero-order valence-corrected chi connectivity index (χ0v) is 12.9. The number of hydrogen-bond donors (Lipinski definition) is 0. The highest BCUT2D eigenvalue weighted by Gasteiger charge is 2.36. The summed E-state index contributed by atoms with van der Waals surface area (Å²) in [5.41, 5.74) is 0.876. The van der Waals surface area contributed by atoms with Crippen LogP contribution >= 0.6 is 0 Å². The number of carbonyl (C=O) groups is 1. The zero-order valence-electron chi connectivity index (χ0n) is 12.1. The first-order valence-electron chi connectivity index (χ1n) is 6.98. The molecule has 1 aromatic heterocycles. The van der Waals surface area contributed by atoms with E-state index >= 15 is 0 Å². The molecule has 0 radical (unpaired) electrons. The molecular weight excluding hydrogens is 292 g/mol. The molecule has 1 heterocycles. The van der Waals surface area contributed by atoms with Crippen LogP contribution in [0.25, 0.3) is 0 Å². The van der Waals surface area contributed by atoms with E-state index < -0.39 is 10.0 Å². The maximum atomic E-state index is 12.4. The van der Waals surface area contributed by atoms with Crippen LogP contribution in [-0.4, -0.2) is 42.6 Å². The van der Waals surface area contributed by atoms with Gasteiger partial charge in [-0.05, 0) is 30.9 Å². The Balaban J connectivity index is 1.98. The van der Waals surface area contributed by atoms with Crippen molar-refractivity contribution < 1.29 is 17.9 Å². The predicted octanol–water partition coefficient (Wildman–Crippen LogP) is 1.33.